The Kier molecular flexibility index (Phi) is 3.89. The van der Waals surface area contributed by atoms with Crippen molar-refractivity contribution in [2.45, 2.75) is 20.8 Å². The van der Waals surface area contributed by atoms with Crippen LogP contribution in [0.4, 0.5) is 5.69 Å². The monoisotopic (exact) mass is 230 g/mol. The van der Waals surface area contributed by atoms with Gasteiger partial charge in [-0.05, 0) is 44.0 Å². The van der Waals surface area contributed by atoms with Gasteiger partial charge in [0, 0.05) is 5.69 Å². The predicted molar refractivity (Wildman–Crippen MR) is 66.5 cm³/mol. The number of rotatable bonds is 2. The van der Waals surface area contributed by atoms with E-state index in [1.807, 2.05) is 26.0 Å². The van der Waals surface area contributed by atoms with Crippen molar-refractivity contribution in [1.82, 2.24) is 0 Å². The molecule has 0 bridgehead atoms. The Morgan fingerprint density at radius 3 is 2.47 bits per heavy atom. The molecule has 1 amide bonds. The molecule has 0 unspecified atom stereocenters. The predicted octanol–water partition coefficient (Wildman–Crippen LogP) is 2.95. The van der Waals surface area contributed by atoms with Gasteiger partial charge < -0.3 is 10.4 Å². The van der Waals surface area contributed by atoms with Crippen LogP contribution in [0.5, 0.6) is 0 Å². The summed E-state index contributed by atoms with van der Waals surface area (Å²) in [7, 11) is 0. The smallest absolute Gasteiger partial charge is 0.286 e. The number of hydrogen-bond acceptors (Lipinski definition) is 2. The molecule has 0 aromatic heterocycles. The van der Waals surface area contributed by atoms with Gasteiger partial charge in [-0.15, -0.1) is 0 Å². The van der Waals surface area contributed by atoms with Gasteiger partial charge in [0.2, 0.25) is 0 Å². The van der Waals surface area contributed by atoms with Crippen molar-refractivity contribution in [3.05, 3.63) is 52.2 Å². The van der Waals surface area contributed by atoms with Crippen LogP contribution in [0.25, 0.3) is 4.85 Å². The summed E-state index contributed by atoms with van der Waals surface area (Å²) in [5.41, 5.74) is 2.50. The van der Waals surface area contributed by atoms with E-state index in [4.69, 9.17) is 11.7 Å². The van der Waals surface area contributed by atoms with Crippen molar-refractivity contribution in [3.8, 4) is 0 Å². The van der Waals surface area contributed by atoms with E-state index < -0.39 is 5.91 Å². The third-order valence-electron chi connectivity index (χ3n) is 2.43. The molecule has 2 N–H and O–H groups in total. The number of carbonyl (C=O) groups is 1. The lowest BCUT2D eigenvalue weighted by atomic mass is 10.1. The zero-order valence-corrected chi connectivity index (χ0v) is 10.0. The minimum atomic E-state index is -0.594. The quantitative estimate of drug-likeness (QED) is 0.466. The first-order valence-electron chi connectivity index (χ1n) is 5.11. The number of nitrogens with one attached hydrogen (secondary N) is 1. The van der Waals surface area contributed by atoms with E-state index in [0.29, 0.717) is 5.69 Å². The average molecular weight is 230 g/mol. The normalized spacial score (nSPS) is 11.4. The summed E-state index contributed by atoms with van der Waals surface area (Å²) >= 11 is 0. The highest BCUT2D eigenvalue weighted by atomic mass is 16.3. The van der Waals surface area contributed by atoms with Gasteiger partial charge in [0.05, 0.1) is 6.57 Å². The second-order valence-electron chi connectivity index (χ2n) is 3.80. The maximum Gasteiger partial charge on any atom is 0.286 e. The van der Waals surface area contributed by atoms with E-state index in [2.05, 4.69) is 10.2 Å². The molecule has 0 saturated heterocycles. The van der Waals surface area contributed by atoms with Crippen molar-refractivity contribution < 1.29 is 9.90 Å². The maximum absolute atomic E-state index is 11.6. The third-order valence-corrected chi connectivity index (χ3v) is 2.43. The molecular weight excluding hydrogens is 216 g/mol. The fourth-order valence-electron chi connectivity index (χ4n) is 1.31. The highest BCUT2D eigenvalue weighted by Gasteiger charge is 2.13. The summed E-state index contributed by atoms with van der Waals surface area (Å²) in [5.74, 6) is -0.871. The summed E-state index contributed by atoms with van der Waals surface area (Å²) in [5, 5.41) is 11.7. The summed E-state index contributed by atoms with van der Waals surface area (Å²) in [6.45, 7) is 12.0. The molecule has 0 heterocycles. The highest BCUT2D eigenvalue weighted by molar-refractivity contribution is 6.05. The molecule has 0 fully saturated rings. The summed E-state index contributed by atoms with van der Waals surface area (Å²) in [6, 6.07) is 5.47. The molecule has 0 aliphatic carbocycles. The van der Waals surface area contributed by atoms with Gasteiger partial charge in [-0.2, -0.15) is 0 Å². The van der Waals surface area contributed by atoms with E-state index in [1.165, 1.54) is 6.92 Å². The number of benzene rings is 1. The van der Waals surface area contributed by atoms with Crippen LogP contribution in [-0.2, 0) is 4.79 Å². The Morgan fingerprint density at radius 1 is 1.35 bits per heavy atom. The van der Waals surface area contributed by atoms with Crippen LogP contribution in [0.1, 0.15) is 18.1 Å². The maximum atomic E-state index is 11.6. The van der Waals surface area contributed by atoms with Crippen LogP contribution in [0.3, 0.4) is 0 Å². The van der Waals surface area contributed by atoms with Crippen molar-refractivity contribution in [1.29, 1.82) is 0 Å². The van der Waals surface area contributed by atoms with Crippen LogP contribution >= 0.6 is 0 Å². The fraction of sp³-hybridized carbons (Fsp3) is 0.231. The van der Waals surface area contributed by atoms with Crippen LogP contribution in [0.2, 0.25) is 0 Å². The first-order chi connectivity index (χ1) is 7.95. The Labute approximate surface area is 100 Å². The number of allylic oxidation sites excluding steroid dienone is 1. The number of aliphatic hydroxyl groups excluding tert-OH is 1. The molecule has 1 rings (SSSR count). The lowest BCUT2D eigenvalue weighted by molar-refractivity contribution is -0.112. The Balaban J connectivity index is 2.93. The average Bonchev–Trinajstić information content (AvgIpc) is 2.24. The molecule has 4 nitrogen and oxygen atoms in total. The zero-order chi connectivity index (χ0) is 13.0. The lowest BCUT2D eigenvalue weighted by Gasteiger charge is -2.07. The second-order valence-corrected chi connectivity index (χ2v) is 3.80. The van der Waals surface area contributed by atoms with Gasteiger partial charge in [-0.3, -0.25) is 4.79 Å². The minimum Gasteiger partial charge on any atom is -0.523 e. The number of aryl methyl sites for hydroxylation is 2. The molecule has 0 saturated carbocycles. The molecule has 1 aromatic carbocycles. The number of amides is 1. The lowest BCUT2D eigenvalue weighted by Crippen LogP contribution is -2.14. The van der Waals surface area contributed by atoms with Crippen LogP contribution < -0.4 is 5.32 Å². The largest absolute Gasteiger partial charge is 0.523 e. The second kappa shape index (κ2) is 5.17. The van der Waals surface area contributed by atoms with Crippen molar-refractivity contribution in [3.63, 3.8) is 0 Å². The molecule has 0 aliphatic rings. The fourth-order valence-corrected chi connectivity index (χ4v) is 1.31. The number of hydrogen-bond donors (Lipinski definition) is 2. The Morgan fingerprint density at radius 2 is 2.00 bits per heavy atom. The number of nitrogens with zero attached hydrogens (tertiary/aromatic N) is 1. The molecule has 0 atom stereocenters. The third kappa shape index (κ3) is 3.08. The standard InChI is InChI=1S/C13H14N2O2/c1-8-5-6-11(7-9(8)2)15-13(17)12(14-4)10(3)16/h5-7,16H,1-3H3,(H,15,17)/b12-10-. The minimum absolute atomic E-state index is 0.277. The van der Waals surface area contributed by atoms with Gasteiger partial charge >= 0.3 is 0 Å². The number of carbonyl (C=O) groups excluding carboxylic acids is 1. The number of anilines is 1. The SMILES string of the molecule is [C-]#[N+]/C(C(=O)Nc1ccc(C)c(C)c1)=C(/C)O. The topological polar surface area (TPSA) is 53.7 Å². The van der Waals surface area contributed by atoms with E-state index in [9.17, 15) is 4.79 Å². The van der Waals surface area contributed by atoms with Gasteiger partial charge in [0.15, 0.2) is 0 Å². The van der Waals surface area contributed by atoms with E-state index in [1.54, 1.807) is 6.07 Å². The molecule has 0 spiro atoms. The molecule has 4 heteroatoms. The molecular formula is C13H14N2O2. The first kappa shape index (κ1) is 12.8. The Bertz CT molecular complexity index is 521. The van der Waals surface area contributed by atoms with Crippen molar-refractivity contribution in [2.75, 3.05) is 5.32 Å². The van der Waals surface area contributed by atoms with Gasteiger partial charge in [-0.1, -0.05) is 6.07 Å². The van der Waals surface area contributed by atoms with Crippen LogP contribution in [-0.4, -0.2) is 11.0 Å². The van der Waals surface area contributed by atoms with Crippen LogP contribution in [0, 0.1) is 20.4 Å². The van der Waals surface area contributed by atoms with Gasteiger partial charge in [0.25, 0.3) is 11.6 Å². The summed E-state index contributed by atoms with van der Waals surface area (Å²) < 4.78 is 0. The van der Waals surface area contributed by atoms with E-state index in [0.717, 1.165) is 11.1 Å². The highest BCUT2D eigenvalue weighted by Crippen LogP contribution is 2.15. The molecule has 88 valence electrons. The first-order valence-corrected chi connectivity index (χ1v) is 5.11. The molecule has 17 heavy (non-hydrogen) atoms. The number of aliphatic hydroxyl groups is 1. The van der Waals surface area contributed by atoms with E-state index >= 15 is 0 Å². The van der Waals surface area contributed by atoms with Gasteiger partial charge in [0.1, 0.15) is 5.76 Å². The molecule has 0 aliphatic heterocycles. The van der Waals surface area contributed by atoms with E-state index in [-0.39, 0.29) is 11.5 Å². The Hall–Kier alpha value is -2.28. The van der Waals surface area contributed by atoms with Crippen molar-refractivity contribution >= 4 is 11.6 Å². The van der Waals surface area contributed by atoms with Gasteiger partial charge in [-0.25, -0.2) is 4.85 Å². The summed E-state index contributed by atoms with van der Waals surface area (Å²) in [6.07, 6.45) is 0. The van der Waals surface area contributed by atoms with Crippen molar-refractivity contribution in [2.24, 2.45) is 0 Å². The molecule has 1 aromatic rings. The molecule has 0 radical (unpaired) electrons. The van der Waals surface area contributed by atoms with Crippen LogP contribution in [0.15, 0.2) is 29.7 Å². The zero-order valence-electron chi connectivity index (χ0n) is 10.0. The summed E-state index contributed by atoms with van der Waals surface area (Å²) in [4.78, 5) is 14.6.